The molecule has 0 fully saturated rings. The maximum Gasteiger partial charge on any atom is 0.307 e. The first kappa shape index (κ1) is 21.2. The van der Waals surface area contributed by atoms with Crippen LogP contribution < -0.4 is 0 Å². The van der Waals surface area contributed by atoms with Crippen LogP contribution in [0.1, 0.15) is 18.1 Å². The Balaban J connectivity index is 1.74. The van der Waals surface area contributed by atoms with Crippen LogP contribution in [-0.2, 0) is 4.79 Å². The van der Waals surface area contributed by atoms with Gasteiger partial charge in [0.25, 0.3) is 0 Å². The minimum atomic E-state index is -0.945. The fraction of sp³-hybridized carbons (Fsp3) is 0.174. The van der Waals surface area contributed by atoms with E-state index in [1.165, 1.54) is 11.8 Å². The number of carbonyl (C=O) groups is 1. The zero-order valence-corrected chi connectivity index (χ0v) is 17.1. The van der Waals surface area contributed by atoms with E-state index in [1.54, 1.807) is 36.4 Å². The Kier molecular flexibility index (Phi) is 7.20. The van der Waals surface area contributed by atoms with Crippen LogP contribution in [-0.4, -0.2) is 27.0 Å². The number of hydrogen-bond acceptors (Lipinski definition) is 4. The molecular formula is C23H21ClO4S. The molecule has 0 radical (unpaired) electrons. The van der Waals surface area contributed by atoms with Gasteiger partial charge in [0.2, 0.25) is 0 Å². The third-order valence-corrected chi connectivity index (χ3v) is 6.05. The van der Waals surface area contributed by atoms with E-state index < -0.39 is 18.0 Å². The van der Waals surface area contributed by atoms with E-state index in [2.05, 4.69) is 0 Å². The van der Waals surface area contributed by atoms with Gasteiger partial charge in [-0.1, -0.05) is 48.0 Å². The average molecular weight is 429 g/mol. The van der Waals surface area contributed by atoms with Gasteiger partial charge in [-0.05, 0) is 59.5 Å². The summed E-state index contributed by atoms with van der Waals surface area (Å²) in [5.41, 5.74) is 2.46. The Morgan fingerprint density at radius 2 is 1.62 bits per heavy atom. The smallest absolute Gasteiger partial charge is 0.307 e. The SMILES string of the molecule is O=C(O)C(CSc1ccc(O)cc1)CC(O)c1ccccc1-c1ccc(Cl)cc1. The molecule has 0 aromatic heterocycles. The highest BCUT2D eigenvalue weighted by Gasteiger charge is 2.24. The van der Waals surface area contributed by atoms with Gasteiger partial charge in [-0.25, -0.2) is 0 Å². The zero-order chi connectivity index (χ0) is 20.8. The van der Waals surface area contributed by atoms with E-state index in [0.717, 1.165) is 16.0 Å². The molecule has 0 aliphatic heterocycles. The van der Waals surface area contributed by atoms with Gasteiger partial charge >= 0.3 is 5.97 Å². The number of aliphatic hydroxyl groups excluding tert-OH is 1. The van der Waals surface area contributed by atoms with Crippen LogP contribution in [0.3, 0.4) is 0 Å². The highest BCUT2D eigenvalue weighted by molar-refractivity contribution is 7.99. The van der Waals surface area contributed by atoms with E-state index in [4.69, 9.17) is 11.6 Å². The van der Waals surface area contributed by atoms with E-state index in [9.17, 15) is 20.1 Å². The topological polar surface area (TPSA) is 77.8 Å². The molecule has 0 heterocycles. The van der Waals surface area contributed by atoms with Gasteiger partial charge in [-0.3, -0.25) is 4.79 Å². The minimum Gasteiger partial charge on any atom is -0.508 e. The van der Waals surface area contributed by atoms with Crippen molar-refractivity contribution in [2.45, 2.75) is 17.4 Å². The van der Waals surface area contributed by atoms with Crippen molar-refractivity contribution in [3.63, 3.8) is 0 Å². The molecule has 2 atom stereocenters. The summed E-state index contributed by atoms with van der Waals surface area (Å²) in [7, 11) is 0. The van der Waals surface area contributed by atoms with Crippen molar-refractivity contribution in [2.24, 2.45) is 5.92 Å². The quantitative estimate of drug-likeness (QED) is 0.405. The van der Waals surface area contributed by atoms with Crippen LogP contribution in [0.15, 0.2) is 77.7 Å². The number of aromatic hydroxyl groups is 1. The first-order valence-corrected chi connectivity index (χ1v) is 10.5. The summed E-state index contributed by atoms with van der Waals surface area (Å²) in [4.78, 5) is 12.6. The molecule has 0 amide bonds. The molecule has 3 aromatic carbocycles. The first-order valence-electron chi connectivity index (χ1n) is 9.11. The van der Waals surface area contributed by atoms with Crippen LogP contribution >= 0.6 is 23.4 Å². The van der Waals surface area contributed by atoms with Crippen molar-refractivity contribution >= 4 is 29.3 Å². The zero-order valence-electron chi connectivity index (χ0n) is 15.5. The Morgan fingerprint density at radius 1 is 0.966 bits per heavy atom. The van der Waals surface area contributed by atoms with Gasteiger partial charge in [-0.2, -0.15) is 0 Å². The molecule has 3 aromatic rings. The third-order valence-electron chi connectivity index (χ3n) is 4.62. The van der Waals surface area contributed by atoms with Gasteiger partial charge in [0, 0.05) is 15.7 Å². The molecule has 0 saturated carbocycles. The molecule has 4 nitrogen and oxygen atoms in total. The summed E-state index contributed by atoms with van der Waals surface area (Å²) in [6, 6.07) is 21.4. The lowest BCUT2D eigenvalue weighted by molar-refractivity contribution is -0.142. The molecular weight excluding hydrogens is 408 g/mol. The number of hydrogen-bond donors (Lipinski definition) is 3. The molecule has 3 rings (SSSR count). The number of rotatable bonds is 8. The van der Waals surface area contributed by atoms with Crippen molar-refractivity contribution in [1.29, 1.82) is 0 Å². The number of halogens is 1. The molecule has 0 bridgehead atoms. The van der Waals surface area contributed by atoms with Gasteiger partial charge in [0.15, 0.2) is 0 Å². The molecule has 150 valence electrons. The number of carboxylic acid groups (broad SMARTS) is 1. The Bertz CT molecular complexity index is 957. The van der Waals surface area contributed by atoms with Crippen molar-refractivity contribution < 1.29 is 20.1 Å². The van der Waals surface area contributed by atoms with Crippen molar-refractivity contribution in [3.05, 3.63) is 83.4 Å². The number of benzene rings is 3. The molecule has 2 unspecified atom stereocenters. The number of aliphatic carboxylic acids is 1. The highest BCUT2D eigenvalue weighted by atomic mass is 35.5. The van der Waals surface area contributed by atoms with Crippen molar-refractivity contribution in [2.75, 3.05) is 5.75 Å². The third kappa shape index (κ3) is 5.76. The monoisotopic (exact) mass is 428 g/mol. The summed E-state index contributed by atoms with van der Waals surface area (Å²) in [6.07, 6.45) is -0.811. The summed E-state index contributed by atoms with van der Waals surface area (Å²) in [6.45, 7) is 0. The maximum absolute atomic E-state index is 11.8. The molecule has 3 N–H and O–H groups in total. The Labute approximate surface area is 178 Å². The fourth-order valence-electron chi connectivity index (χ4n) is 3.06. The van der Waals surface area contributed by atoms with Crippen LogP contribution in [0.2, 0.25) is 5.02 Å². The van der Waals surface area contributed by atoms with E-state index in [-0.39, 0.29) is 12.2 Å². The van der Waals surface area contributed by atoms with Crippen LogP contribution in [0.5, 0.6) is 5.75 Å². The Morgan fingerprint density at radius 3 is 2.28 bits per heavy atom. The number of phenols is 1. The number of carboxylic acids is 1. The summed E-state index contributed by atoms with van der Waals surface area (Å²) in [5.74, 6) is -1.18. The second-order valence-corrected chi connectivity index (χ2v) is 8.22. The number of thioether (sulfide) groups is 1. The lowest BCUT2D eigenvalue weighted by Gasteiger charge is -2.20. The van der Waals surface area contributed by atoms with E-state index >= 15 is 0 Å². The lowest BCUT2D eigenvalue weighted by atomic mass is 9.91. The number of aliphatic hydroxyl groups is 1. The number of phenolic OH excluding ortho intramolecular Hbond substituents is 1. The summed E-state index contributed by atoms with van der Waals surface area (Å²) in [5, 5.41) is 30.5. The van der Waals surface area contributed by atoms with E-state index in [1.807, 2.05) is 36.4 Å². The predicted octanol–water partition coefficient (Wildman–Crippen LogP) is 5.63. The Hall–Kier alpha value is -2.47. The highest BCUT2D eigenvalue weighted by Crippen LogP contribution is 2.33. The normalized spacial score (nSPS) is 13.0. The predicted molar refractivity (Wildman–Crippen MR) is 116 cm³/mol. The van der Waals surface area contributed by atoms with Crippen LogP contribution in [0.25, 0.3) is 11.1 Å². The van der Waals surface area contributed by atoms with Gasteiger partial charge in [-0.15, -0.1) is 11.8 Å². The second kappa shape index (κ2) is 9.83. The summed E-state index contributed by atoms with van der Waals surface area (Å²) < 4.78 is 0. The van der Waals surface area contributed by atoms with E-state index in [0.29, 0.717) is 16.3 Å². The molecule has 0 aliphatic rings. The second-order valence-electron chi connectivity index (χ2n) is 6.69. The van der Waals surface area contributed by atoms with Gasteiger partial charge in [0.1, 0.15) is 5.75 Å². The molecule has 29 heavy (non-hydrogen) atoms. The molecule has 0 saturated heterocycles. The lowest BCUT2D eigenvalue weighted by Crippen LogP contribution is -2.19. The average Bonchev–Trinajstić information content (AvgIpc) is 2.72. The molecule has 6 heteroatoms. The molecule has 0 aliphatic carbocycles. The van der Waals surface area contributed by atoms with Crippen molar-refractivity contribution in [3.8, 4) is 16.9 Å². The molecule has 0 spiro atoms. The summed E-state index contributed by atoms with van der Waals surface area (Å²) >= 11 is 7.36. The minimum absolute atomic E-state index is 0.102. The largest absolute Gasteiger partial charge is 0.508 e. The maximum atomic E-state index is 11.8. The van der Waals surface area contributed by atoms with Crippen molar-refractivity contribution in [1.82, 2.24) is 0 Å². The first-order chi connectivity index (χ1) is 13.9. The van der Waals surface area contributed by atoms with Gasteiger partial charge in [0.05, 0.1) is 12.0 Å². The van der Waals surface area contributed by atoms with Crippen LogP contribution in [0.4, 0.5) is 0 Å². The fourth-order valence-corrected chi connectivity index (χ4v) is 4.18. The van der Waals surface area contributed by atoms with Crippen LogP contribution in [0, 0.1) is 5.92 Å². The standard InChI is InChI=1S/C23H21ClO4S/c24-17-7-5-15(6-8-17)20-3-1-2-4-21(20)22(26)13-16(23(27)28)14-29-19-11-9-18(25)10-12-19/h1-12,16,22,25-26H,13-14H2,(H,27,28). The van der Waals surface area contributed by atoms with Gasteiger partial charge < -0.3 is 15.3 Å².